The highest BCUT2D eigenvalue weighted by Gasteiger charge is 2.45. The van der Waals surface area contributed by atoms with E-state index in [0.717, 1.165) is 48.3 Å². The molecule has 23 heavy (non-hydrogen) atoms. The number of benzene rings is 1. The molecule has 0 N–H and O–H groups in total. The van der Waals surface area contributed by atoms with Gasteiger partial charge in [0.15, 0.2) is 0 Å². The van der Waals surface area contributed by atoms with Crippen LogP contribution in [0.2, 0.25) is 0 Å². The monoisotopic (exact) mass is 308 g/mol. The first-order valence-electron chi connectivity index (χ1n) is 8.12. The van der Waals surface area contributed by atoms with Gasteiger partial charge in [-0.2, -0.15) is 0 Å². The molecular weight excluding hydrogens is 287 g/mol. The summed E-state index contributed by atoms with van der Waals surface area (Å²) in [6.07, 6.45) is 3.99. The van der Waals surface area contributed by atoms with Gasteiger partial charge in [-0.15, -0.1) is 0 Å². The largest absolute Gasteiger partial charge is 0.305 e. The summed E-state index contributed by atoms with van der Waals surface area (Å²) in [5.41, 5.74) is 6.19. The number of hydrogen-bond donors (Lipinski definition) is 0. The highest BCUT2D eigenvalue weighted by atomic mass is 19.1. The Labute approximate surface area is 136 Å². The van der Waals surface area contributed by atoms with Gasteiger partial charge in [-0.3, -0.25) is 4.98 Å². The molecular formula is C20H21FN2. The molecule has 1 atom stereocenters. The molecule has 2 aromatic rings. The molecule has 1 aromatic heterocycles. The number of pyridine rings is 1. The summed E-state index contributed by atoms with van der Waals surface area (Å²) in [4.78, 5) is 7.05. The Kier molecular flexibility index (Phi) is 3.17. The van der Waals surface area contributed by atoms with Crippen LogP contribution in [-0.4, -0.2) is 30.0 Å². The van der Waals surface area contributed by atoms with E-state index in [4.69, 9.17) is 0 Å². The summed E-state index contributed by atoms with van der Waals surface area (Å²) in [7, 11) is 2.17. The standard InChI is InChI=1S/C20H21FN2/c1-13-4-5-15(9-18(13)21)16-8-17-19(22-11-16)14(2)10-20(17)6-7-23(3)12-20/h4-5,8-9,11H,2,6-7,10,12H2,1,3H3. The zero-order valence-corrected chi connectivity index (χ0v) is 13.7. The van der Waals surface area contributed by atoms with Gasteiger partial charge in [0.05, 0.1) is 5.69 Å². The molecule has 1 saturated heterocycles. The predicted molar refractivity (Wildman–Crippen MR) is 91.8 cm³/mol. The fourth-order valence-electron chi connectivity index (χ4n) is 4.11. The Balaban J connectivity index is 1.82. The van der Waals surface area contributed by atoms with Crippen molar-refractivity contribution in [2.75, 3.05) is 20.1 Å². The smallest absolute Gasteiger partial charge is 0.126 e. The number of hydrogen-bond acceptors (Lipinski definition) is 2. The number of likely N-dealkylation sites (N-methyl/N-ethyl adjacent to an activating group) is 1. The fourth-order valence-corrected chi connectivity index (χ4v) is 4.11. The van der Waals surface area contributed by atoms with Gasteiger partial charge in [0.1, 0.15) is 5.82 Å². The Hall–Kier alpha value is -2.00. The summed E-state index contributed by atoms with van der Waals surface area (Å²) in [6, 6.07) is 7.62. The van der Waals surface area contributed by atoms with E-state index in [1.165, 1.54) is 5.56 Å². The van der Waals surface area contributed by atoms with E-state index in [9.17, 15) is 4.39 Å². The van der Waals surface area contributed by atoms with E-state index in [1.807, 2.05) is 18.3 Å². The second kappa shape index (κ2) is 5.00. The summed E-state index contributed by atoms with van der Waals surface area (Å²) in [5.74, 6) is -0.164. The maximum Gasteiger partial charge on any atom is 0.126 e. The van der Waals surface area contributed by atoms with E-state index in [1.54, 1.807) is 13.0 Å². The van der Waals surface area contributed by atoms with E-state index < -0.39 is 0 Å². The van der Waals surface area contributed by atoms with E-state index >= 15 is 0 Å². The quantitative estimate of drug-likeness (QED) is 0.785. The molecule has 1 unspecified atom stereocenters. The molecule has 1 aromatic carbocycles. The zero-order chi connectivity index (χ0) is 16.2. The molecule has 1 aliphatic carbocycles. The maximum absolute atomic E-state index is 13.9. The maximum atomic E-state index is 13.9. The summed E-state index contributed by atoms with van der Waals surface area (Å²) >= 11 is 0. The van der Waals surface area contributed by atoms with Crippen LogP contribution in [0.15, 0.2) is 37.0 Å². The lowest BCUT2D eigenvalue weighted by molar-refractivity contribution is 0.375. The second-order valence-electron chi connectivity index (χ2n) is 7.13. The first-order valence-corrected chi connectivity index (χ1v) is 8.12. The van der Waals surface area contributed by atoms with Gasteiger partial charge in [0.2, 0.25) is 0 Å². The molecule has 0 saturated carbocycles. The molecule has 2 heterocycles. The fraction of sp³-hybridized carbons (Fsp3) is 0.350. The minimum Gasteiger partial charge on any atom is -0.305 e. The highest BCUT2D eigenvalue weighted by Crippen LogP contribution is 2.49. The van der Waals surface area contributed by atoms with E-state index in [-0.39, 0.29) is 11.2 Å². The third-order valence-corrected chi connectivity index (χ3v) is 5.40. The average molecular weight is 308 g/mol. The minimum atomic E-state index is -0.164. The van der Waals surface area contributed by atoms with Crippen LogP contribution in [0, 0.1) is 12.7 Å². The van der Waals surface area contributed by atoms with Gasteiger partial charge in [0.25, 0.3) is 0 Å². The molecule has 1 spiro atoms. The number of aromatic nitrogens is 1. The number of rotatable bonds is 1. The van der Waals surface area contributed by atoms with E-state index in [2.05, 4.69) is 29.6 Å². The number of likely N-dealkylation sites (tertiary alicyclic amines) is 1. The molecule has 1 fully saturated rings. The van der Waals surface area contributed by atoms with Gasteiger partial charge in [-0.1, -0.05) is 18.7 Å². The Morgan fingerprint density at radius 1 is 1.26 bits per heavy atom. The van der Waals surface area contributed by atoms with Crippen LogP contribution in [0.4, 0.5) is 4.39 Å². The van der Waals surface area contributed by atoms with Crippen molar-refractivity contribution in [3.63, 3.8) is 0 Å². The summed E-state index contributed by atoms with van der Waals surface area (Å²) in [5, 5.41) is 0. The van der Waals surface area contributed by atoms with Gasteiger partial charge in [-0.05, 0) is 67.8 Å². The summed E-state index contributed by atoms with van der Waals surface area (Å²) < 4.78 is 13.9. The molecule has 4 rings (SSSR count). The first-order chi connectivity index (χ1) is 11.0. The van der Waals surface area contributed by atoms with Crippen molar-refractivity contribution < 1.29 is 4.39 Å². The lowest BCUT2D eigenvalue weighted by Gasteiger charge is -2.24. The van der Waals surface area contributed by atoms with E-state index in [0.29, 0.717) is 5.56 Å². The van der Waals surface area contributed by atoms with Crippen LogP contribution in [0.25, 0.3) is 16.7 Å². The normalized spacial score (nSPS) is 23.7. The van der Waals surface area contributed by atoms with Gasteiger partial charge < -0.3 is 4.90 Å². The van der Waals surface area contributed by atoms with Crippen molar-refractivity contribution in [2.45, 2.75) is 25.2 Å². The Morgan fingerprint density at radius 2 is 2.09 bits per heavy atom. The van der Waals surface area contributed by atoms with Crippen LogP contribution < -0.4 is 0 Å². The van der Waals surface area contributed by atoms with Crippen LogP contribution >= 0.6 is 0 Å². The van der Waals surface area contributed by atoms with Crippen molar-refractivity contribution in [1.29, 1.82) is 0 Å². The number of nitrogens with zero attached hydrogens (tertiary/aromatic N) is 2. The van der Waals surface area contributed by atoms with Gasteiger partial charge >= 0.3 is 0 Å². The summed E-state index contributed by atoms with van der Waals surface area (Å²) in [6.45, 7) is 8.17. The van der Waals surface area contributed by atoms with Crippen LogP contribution in [0.1, 0.15) is 29.7 Å². The van der Waals surface area contributed by atoms with Crippen molar-refractivity contribution in [3.05, 3.63) is 59.7 Å². The van der Waals surface area contributed by atoms with Gasteiger partial charge in [0, 0.05) is 23.7 Å². The Morgan fingerprint density at radius 3 is 2.78 bits per heavy atom. The highest BCUT2D eigenvalue weighted by molar-refractivity contribution is 5.75. The molecule has 0 radical (unpaired) electrons. The van der Waals surface area contributed by atoms with Crippen molar-refractivity contribution >= 4 is 5.57 Å². The molecule has 118 valence electrons. The molecule has 1 aliphatic heterocycles. The van der Waals surface area contributed by atoms with Crippen LogP contribution in [-0.2, 0) is 5.41 Å². The number of halogens is 1. The lowest BCUT2D eigenvalue weighted by Crippen LogP contribution is -2.26. The molecule has 3 heteroatoms. The molecule has 2 aliphatic rings. The van der Waals surface area contributed by atoms with Gasteiger partial charge in [-0.25, -0.2) is 4.39 Å². The third-order valence-electron chi connectivity index (χ3n) is 5.40. The first kappa shape index (κ1) is 14.6. The minimum absolute atomic E-state index is 0.146. The van der Waals surface area contributed by atoms with Crippen molar-refractivity contribution in [2.24, 2.45) is 0 Å². The molecule has 2 nitrogen and oxygen atoms in total. The average Bonchev–Trinajstić information content (AvgIpc) is 3.03. The Bertz CT molecular complexity index is 811. The number of allylic oxidation sites excluding steroid dienone is 1. The predicted octanol–water partition coefficient (Wildman–Crippen LogP) is 4.19. The third kappa shape index (κ3) is 2.22. The second-order valence-corrected chi connectivity index (χ2v) is 7.13. The van der Waals surface area contributed by atoms with Crippen molar-refractivity contribution in [1.82, 2.24) is 9.88 Å². The lowest BCUT2D eigenvalue weighted by atomic mass is 9.80. The number of fused-ring (bicyclic) bond motifs is 2. The SMILES string of the molecule is C=C1CC2(CCN(C)C2)c2cc(-c3ccc(C)c(F)c3)cnc21. The molecule has 0 bridgehead atoms. The van der Waals surface area contributed by atoms with Crippen LogP contribution in [0.3, 0.4) is 0 Å². The zero-order valence-electron chi connectivity index (χ0n) is 13.7. The number of aryl methyl sites for hydroxylation is 1. The molecule has 0 amide bonds. The van der Waals surface area contributed by atoms with Crippen LogP contribution in [0.5, 0.6) is 0 Å². The van der Waals surface area contributed by atoms with Crippen molar-refractivity contribution in [3.8, 4) is 11.1 Å². The topological polar surface area (TPSA) is 16.1 Å².